The number of hydrogen-bond acceptors (Lipinski definition) is 4. The summed E-state index contributed by atoms with van der Waals surface area (Å²) >= 11 is 1.15. The molecule has 1 amide bonds. The minimum atomic E-state index is -4.56. The normalized spacial score (nSPS) is 13.0. The number of aryl methyl sites for hydroxylation is 2. The number of alkyl halides is 3. The van der Waals surface area contributed by atoms with Crippen molar-refractivity contribution in [2.75, 3.05) is 5.32 Å². The monoisotopic (exact) mass is 444 g/mol. The quantitative estimate of drug-likeness (QED) is 0.414. The van der Waals surface area contributed by atoms with Crippen molar-refractivity contribution in [1.29, 1.82) is 0 Å². The van der Waals surface area contributed by atoms with Crippen LogP contribution in [0, 0.1) is 13.8 Å². The number of halogens is 3. The van der Waals surface area contributed by atoms with Gasteiger partial charge < -0.3 is 5.32 Å². The van der Waals surface area contributed by atoms with Crippen LogP contribution in [0.15, 0.2) is 53.7 Å². The largest absolute Gasteiger partial charge is 0.418 e. The molecule has 1 N–H and O–H groups in total. The third-order valence-corrected chi connectivity index (χ3v) is 6.07. The van der Waals surface area contributed by atoms with E-state index >= 15 is 0 Å². The van der Waals surface area contributed by atoms with Gasteiger partial charge in [0.25, 0.3) is 0 Å². The number of amides is 1. The molecule has 0 radical (unpaired) electrons. The predicted molar refractivity (Wildman–Crippen MR) is 115 cm³/mol. The van der Waals surface area contributed by atoms with Crippen molar-refractivity contribution < 1.29 is 18.0 Å². The summed E-state index contributed by atoms with van der Waals surface area (Å²) in [5, 5.41) is 11.7. The molecule has 0 saturated heterocycles. The average molecular weight is 444 g/mol. The highest BCUT2D eigenvalue weighted by Gasteiger charge is 2.34. The van der Waals surface area contributed by atoms with Crippen LogP contribution in [0.2, 0.25) is 0 Å². The van der Waals surface area contributed by atoms with Gasteiger partial charge in [-0.1, -0.05) is 42.1 Å². The third kappa shape index (κ3) is 3.97. The maximum Gasteiger partial charge on any atom is 0.418 e. The summed E-state index contributed by atoms with van der Waals surface area (Å²) in [5.74, 6) is -0.549. The van der Waals surface area contributed by atoms with Crippen LogP contribution in [-0.2, 0) is 11.0 Å². The molecule has 0 fully saturated rings. The van der Waals surface area contributed by atoms with Gasteiger partial charge in [-0.2, -0.15) is 13.2 Å². The molecule has 2 aromatic heterocycles. The first-order valence-electron chi connectivity index (χ1n) is 9.54. The molecule has 1 unspecified atom stereocenters. The van der Waals surface area contributed by atoms with Gasteiger partial charge in [-0.25, -0.2) is 0 Å². The first-order valence-corrected chi connectivity index (χ1v) is 10.4. The minimum Gasteiger partial charge on any atom is -0.325 e. The molecule has 0 saturated carbocycles. The van der Waals surface area contributed by atoms with Crippen molar-refractivity contribution in [2.45, 2.75) is 37.4 Å². The third-order valence-electron chi connectivity index (χ3n) is 5.03. The molecule has 5 nitrogen and oxygen atoms in total. The molecular weight excluding hydrogens is 425 g/mol. The predicted octanol–water partition coefficient (Wildman–Crippen LogP) is 5.64. The number of carbonyl (C=O) groups excluding carboxylic acids is 1. The second-order valence-electron chi connectivity index (χ2n) is 7.27. The Morgan fingerprint density at radius 2 is 1.81 bits per heavy atom. The number of hydrogen-bond donors (Lipinski definition) is 1. The number of pyridine rings is 1. The minimum absolute atomic E-state index is 0.268. The smallest absolute Gasteiger partial charge is 0.325 e. The zero-order chi connectivity index (χ0) is 22.3. The Hall–Kier alpha value is -3.07. The maximum absolute atomic E-state index is 13.2. The lowest BCUT2D eigenvalue weighted by Crippen LogP contribution is -2.24. The van der Waals surface area contributed by atoms with E-state index in [9.17, 15) is 18.0 Å². The van der Waals surface area contributed by atoms with Gasteiger partial charge in [0.2, 0.25) is 5.91 Å². The van der Waals surface area contributed by atoms with E-state index in [1.54, 1.807) is 6.92 Å². The van der Waals surface area contributed by atoms with Crippen molar-refractivity contribution in [2.24, 2.45) is 0 Å². The fourth-order valence-corrected chi connectivity index (χ4v) is 4.35. The van der Waals surface area contributed by atoms with Crippen LogP contribution in [-0.4, -0.2) is 25.8 Å². The second-order valence-corrected chi connectivity index (χ2v) is 8.58. The highest BCUT2D eigenvalue weighted by atomic mass is 32.2. The number of rotatable bonds is 4. The van der Waals surface area contributed by atoms with Crippen molar-refractivity contribution in [3.63, 3.8) is 0 Å². The molecule has 0 aliphatic heterocycles. The number of benzene rings is 2. The topological polar surface area (TPSA) is 59.3 Å². The highest BCUT2D eigenvalue weighted by molar-refractivity contribution is 8.00. The fourth-order valence-electron chi connectivity index (χ4n) is 3.49. The Bertz CT molecular complexity index is 1300. The van der Waals surface area contributed by atoms with Crippen LogP contribution in [0.25, 0.3) is 16.6 Å². The molecule has 0 spiro atoms. The van der Waals surface area contributed by atoms with E-state index in [-0.39, 0.29) is 5.69 Å². The number of thioether (sulfide) groups is 1. The average Bonchev–Trinajstić information content (AvgIpc) is 3.10. The standard InChI is InChI=1S/C22H19F3N4OS/c1-12-7-6-8-15-13(2)11-18-27-28-21(29(18)19(12)15)31-14(3)20(30)26-17-10-5-4-9-16(17)22(23,24)25/h4-11,14H,1-3H3,(H,26,30). The van der Waals surface area contributed by atoms with E-state index in [0.29, 0.717) is 10.8 Å². The zero-order valence-corrected chi connectivity index (χ0v) is 17.8. The molecule has 9 heteroatoms. The first kappa shape index (κ1) is 21.2. The number of aromatic nitrogens is 3. The molecule has 0 aliphatic rings. The molecule has 0 aliphatic carbocycles. The van der Waals surface area contributed by atoms with Gasteiger partial charge in [-0.3, -0.25) is 9.20 Å². The van der Waals surface area contributed by atoms with Gasteiger partial charge in [-0.15, -0.1) is 10.2 Å². The van der Waals surface area contributed by atoms with Crippen molar-refractivity contribution in [3.05, 3.63) is 65.2 Å². The molecule has 1 atom stereocenters. The lowest BCUT2D eigenvalue weighted by molar-refractivity contribution is -0.137. The van der Waals surface area contributed by atoms with E-state index in [4.69, 9.17) is 0 Å². The molecule has 2 aromatic carbocycles. The Kier molecular flexibility index (Phi) is 5.38. The van der Waals surface area contributed by atoms with Crippen molar-refractivity contribution >= 4 is 39.9 Å². The van der Waals surface area contributed by atoms with E-state index in [0.717, 1.165) is 39.9 Å². The lowest BCUT2D eigenvalue weighted by Gasteiger charge is -2.16. The van der Waals surface area contributed by atoms with Crippen LogP contribution >= 0.6 is 11.8 Å². The molecule has 31 heavy (non-hydrogen) atoms. The summed E-state index contributed by atoms with van der Waals surface area (Å²) in [6.07, 6.45) is -4.56. The maximum atomic E-state index is 13.2. The Morgan fingerprint density at radius 1 is 1.06 bits per heavy atom. The summed E-state index contributed by atoms with van der Waals surface area (Å²) in [6.45, 7) is 5.61. The van der Waals surface area contributed by atoms with Gasteiger partial charge in [0, 0.05) is 5.39 Å². The summed E-state index contributed by atoms with van der Waals surface area (Å²) in [6, 6.07) is 12.8. The molecule has 160 valence electrons. The fraction of sp³-hybridized carbons (Fsp3) is 0.227. The number of para-hydroxylation sites is 2. The summed E-state index contributed by atoms with van der Waals surface area (Å²) in [7, 11) is 0. The first-order chi connectivity index (χ1) is 14.7. The van der Waals surface area contributed by atoms with Crippen LogP contribution < -0.4 is 5.32 Å². The van der Waals surface area contributed by atoms with Gasteiger partial charge in [-0.05, 0) is 50.1 Å². The van der Waals surface area contributed by atoms with E-state index < -0.39 is 22.9 Å². The Balaban J connectivity index is 1.66. The van der Waals surface area contributed by atoms with Gasteiger partial charge in [0.05, 0.1) is 22.0 Å². The van der Waals surface area contributed by atoms with Crippen LogP contribution in [0.1, 0.15) is 23.6 Å². The van der Waals surface area contributed by atoms with Gasteiger partial charge in [0.1, 0.15) is 0 Å². The summed E-state index contributed by atoms with van der Waals surface area (Å²) in [5.41, 5.74) is 2.53. The molecule has 4 rings (SSSR count). The van der Waals surface area contributed by atoms with E-state index in [1.165, 1.54) is 18.2 Å². The zero-order valence-electron chi connectivity index (χ0n) is 17.0. The van der Waals surface area contributed by atoms with Crippen molar-refractivity contribution in [1.82, 2.24) is 14.6 Å². The summed E-state index contributed by atoms with van der Waals surface area (Å²) in [4.78, 5) is 12.7. The Labute approximate surface area is 180 Å². The van der Waals surface area contributed by atoms with Crippen LogP contribution in [0.3, 0.4) is 0 Å². The van der Waals surface area contributed by atoms with E-state index in [1.807, 2.05) is 42.5 Å². The molecule has 0 bridgehead atoms. The number of nitrogens with one attached hydrogen (secondary N) is 1. The van der Waals surface area contributed by atoms with Crippen molar-refractivity contribution in [3.8, 4) is 0 Å². The number of fused-ring (bicyclic) bond motifs is 3. The van der Waals surface area contributed by atoms with E-state index in [2.05, 4.69) is 15.5 Å². The Morgan fingerprint density at radius 3 is 2.55 bits per heavy atom. The summed E-state index contributed by atoms with van der Waals surface area (Å²) < 4.78 is 41.5. The SMILES string of the molecule is Cc1cc2nnc(SC(C)C(=O)Nc3ccccc3C(F)(F)F)n2c2c(C)cccc12. The lowest BCUT2D eigenvalue weighted by atomic mass is 10.1. The molecular formula is C22H19F3N4OS. The number of carbonyl (C=O) groups is 1. The molecule has 4 aromatic rings. The van der Waals surface area contributed by atoms with Gasteiger partial charge in [0.15, 0.2) is 10.8 Å². The van der Waals surface area contributed by atoms with Gasteiger partial charge >= 0.3 is 6.18 Å². The highest BCUT2D eigenvalue weighted by Crippen LogP contribution is 2.35. The number of nitrogens with zero attached hydrogens (tertiary/aromatic N) is 3. The molecule has 2 heterocycles. The number of anilines is 1. The second kappa shape index (κ2) is 7.88. The van der Waals surface area contributed by atoms with Crippen LogP contribution in [0.4, 0.5) is 18.9 Å². The van der Waals surface area contributed by atoms with Crippen LogP contribution in [0.5, 0.6) is 0 Å².